The summed E-state index contributed by atoms with van der Waals surface area (Å²) in [6.45, 7) is 0. The van der Waals surface area contributed by atoms with Crippen LogP contribution in [-0.2, 0) is 11.2 Å². The molecule has 1 heterocycles. The lowest BCUT2D eigenvalue weighted by molar-refractivity contribution is -0.107. The largest absolute Gasteiger partial charge is 0.303 e. The van der Waals surface area contributed by atoms with Gasteiger partial charge in [0.15, 0.2) is 0 Å². The van der Waals surface area contributed by atoms with E-state index in [0.29, 0.717) is 11.9 Å². The van der Waals surface area contributed by atoms with Crippen LogP contribution < -0.4 is 5.46 Å². The van der Waals surface area contributed by atoms with Crippen LogP contribution in [0.4, 0.5) is 0 Å². The summed E-state index contributed by atoms with van der Waals surface area (Å²) in [6, 6.07) is 3.38. The molecule has 3 heteroatoms. The summed E-state index contributed by atoms with van der Waals surface area (Å²) in [5.74, 6) is 0. The van der Waals surface area contributed by atoms with Gasteiger partial charge >= 0.3 is 0 Å². The Bertz CT molecular complexity index is 237. The first-order valence-corrected chi connectivity index (χ1v) is 2.97. The molecule has 0 aliphatic heterocycles. The topological polar surface area (TPSA) is 30.0 Å². The minimum atomic E-state index is 0.338. The second kappa shape index (κ2) is 3.15. The van der Waals surface area contributed by atoms with Gasteiger partial charge in [-0.1, -0.05) is 11.5 Å². The molecule has 2 nitrogen and oxygen atoms in total. The number of carbonyl (C=O) groups excluding carboxylic acids is 1. The maximum absolute atomic E-state index is 10.0. The van der Waals surface area contributed by atoms with Crippen LogP contribution in [0.3, 0.4) is 0 Å². The summed E-state index contributed by atoms with van der Waals surface area (Å²) in [5, 5.41) is 0. The number of carbonyl (C=O) groups is 1. The van der Waals surface area contributed by atoms with Gasteiger partial charge in [-0.15, -0.1) is 0 Å². The van der Waals surface area contributed by atoms with Crippen LogP contribution in [0.5, 0.6) is 0 Å². The molecule has 0 saturated carbocycles. The van der Waals surface area contributed by atoms with E-state index in [1.54, 1.807) is 18.3 Å². The van der Waals surface area contributed by atoms with Crippen molar-refractivity contribution in [1.29, 1.82) is 0 Å². The second-order valence-electron chi connectivity index (χ2n) is 1.95. The Morgan fingerprint density at radius 2 is 2.50 bits per heavy atom. The van der Waals surface area contributed by atoms with Gasteiger partial charge in [0.2, 0.25) is 0 Å². The van der Waals surface area contributed by atoms with Crippen LogP contribution in [0.15, 0.2) is 18.3 Å². The van der Waals surface area contributed by atoms with Crippen molar-refractivity contribution < 1.29 is 4.79 Å². The van der Waals surface area contributed by atoms with E-state index in [-0.39, 0.29) is 0 Å². The highest BCUT2D eigenvalue weighted by Gasteiger charge is 1.90. The van der Waals surface area contributed by atoms with E-state index >= 15 is 0 Å². The van der Waals surface area contributed by atoms with Gasteiger partial charge in [-0.3, -0.25) is 4.98 Å². The smallest absolute Gasteiger partial charge is 0.125 e. The number of aldehydes is 1. The average Bonchev–Trinajstić information content (AvgIpc) is 1.88. The minimum Gasteiger partial charge on any atom is -0.303 e. The predicted octanol–water partition coefficient (Wildman–Crippen LogP) is -0.383. The van der Waals surface area contributed by atoms with Crippen LogP contribution in [0.1, 0.15) is 5.69 Å². The molecule has 0 saturated heterocycles. The highest BCUT2D eigenvalue weighted by molar-refractivity contribution is 6.32. The summed E-state index contributed by atoms with van der Waals surface area (Å²) < 4.78 is 0. The maximum atomic E-state index is 10.0. The Balaban J connectivity index is 2.84. The summed E-state index contributed by atoms with van der Waals surface area (Å²) in [7, 11) is 5.43. The van der Waals surface area contributed by atoms with E-state index in [1.165, 1.54) is 0 Å². The molecule has 0 aromatic carbocycles. The van der Waals surface area contributed by atoms with E-state index in [9.17, 15) is 4.79 Å². The Labute approximate surface area is 60.7 Å². The Morgan fingerprint density at radius 3 is 3.10 bits per heavy atom. The van der Waals surface area contributed by atoms with Gasteiger partial charge in [0.25, 0.3) is 0 Å². The summed E-state index contributed by atoms with van der Waals surface area (Å²) in [4.78, 5) is 13.9. The zero-order valence-corrected chi connectivity index (χ0v) is 5.45. The zero-order valence-electron chi connectivity index (χ0n) is 5.45. The first-order chi connectivity index (χ1) is 4.83. The number of rotatable bonds is 2. The minimum absolute atomic E-state index is 0.338. The van der Waals surface area contributed by atoms with Gasteiger partial charge < -0.3 is 4.79 Å². The second-order valence-corrected chi connectivity index (χ2v) is 1.95. The molecule has 1 rings (SSSR count). The molecule has 0 aliphatic rings. The van der Waals surface area contributed by atoms with E-state index < -0.39 is 0 Å². The van der Waals surface area contributed by atoms with Crippen molar-refractivity contribution in [2.45, 2.75) is 6.42 Å². The van der Waals surface area contributed by atoms with E-state index in [4.69, 9.17) is 7.85 Å². The van der Waals surface area contributed by atoms with Gasteiger partial charge in [-0.2, -0.15) is 0 Å². The molecule has 0 spiro atoms. The maximum Gasteiger partial charge on any atom is 0.125 e. The molecule has 1 aromatic heterocycles. The van der Waals surface area contributed by atoms with Crippen molar-refractivity contribution in [2.75, 3.05) is 0 Å². The van der Waals surface area contributed by atoms with Gasteiger partial charge in [-0.05, 0) is 6.07 Å². The molecular formula is C7H6BNO. The molecule has 0 atom stereocenters. The van der Waals surface area contributed by atoms with Crippen molar-refractivity contribution in [3.63, 3.8) is 0 Å². The van der Waals surface area contributed by atoms with E-state index in [2.05, 4.69) is 4.98 Å². The van der Waals surface area contributed by atoms with E-state index in [0.717, 1.165) is 12.0 Å². The van der Waals surface area contributed by atoms with Crippen molar-refractivity contribution >= 4 is 19.6 Å². The number of pyridine rings is 1. The third kappa shape index (κ3) is 1.69. The lowest BCUT2D eigenvalue weighted by atomic mass is 9.97. The molecule has 48 valence electrons. The van der Waals surface area contributed by atoms with Gasteiger partial charge in [0.1, 0.15) is 14.1 Å². The quantitative estimate of drug-likeness (QED) is 0.404. The zero-order chi connectivity index (χ0) is 7.40. The Hall–Kier alpha value is -1.12. The van der Waals surface area contributed by atoms with Gasteiger partial charge in [-0.25, -0.2) is 0 Å². The van der Waals surface area contributed by atoms with Crippen molar-refractivity contribution in [3.8, 4) is 0 Å². The molecule has 10 heavy (non-hydrogen) atoms. The van der Waals surface area contributed by atoms with Crippen LogP contribution >= 0.6 is 0 Å². The normalized spacial score (nSPS) is 9.20. The van der Waals surface area contributed by atoms with Crippen LogP contribution in [0, 0.1) is 0 Å². The highest BCUT2D eigenvalue weighted by Crippen LogP contribution is 1.88. The first-order valence-electron chi connectivity index (χ1n) is 2.97. The highest BCUT2D eigenvalue weighted by atomic mass is 16.1. The third-order valence-corrected chi connectivity index (χ3v) is 1.13. The lowest BCUT2D eigenvalue weighted by Gasteiger charge is -1.94. The molecular weight excluding hydrogens is 125 g/mol. The molecule has 0 aliphatic carbocycles. The van der Waals surface area contributed by atoms with Crippen molar-refractivity contribution in [2.24, 2.45) is 0 Å². The molecule has 2 radical (unpaired) electrons. The van der Waals surface area contributed by atoms with Crippen LogP contribution in [0.2, 0.25) is 0 Å². The molecule has 0 amide bonds. The summed E-state index contributed by atoms with van der Waals surface area (Å²) in [6.07, 6.45) is 2.74. The SMILES string of the molecule is [B]c1ccnc(CC=O)c1. The summed E-state index contributed by atoms with van der Waals surface area (Å²) in [5.41, 5.74) is 1.36. The van der Waals surface area contributed by atoms with Crippen LogP contribution in [-0.4, -0.2) is 19.1 Å². The lowest BCUT2D eigenvalue weighted by Crippen LogP contribution is -2.04. The Kier molecular flexibility index (Phi) is 2.21. The predicted molar refractivity (Wildman–Crippen MR) is 39.4 cm³/mol. The molecule has 1 aromatic rings. The Morgan fingerprint density at radius 1 is 1.70 bits per heavy atom. The molecule has 0 bridgehead atoms. The fourth-order valence-electron chi connectivity index (χ4n) is 0.694. The number of aromatic nitrogens is 1. The monoisotopic (exact) mass is 131 g/mol. The van der Waals surface area contributed by atoms with Crippen molar-refractivity contribution in [3.05, 3.63) is 24.0 Å². The average molecular weight is 131 g/mol. The fraction of sp³-hybridized carbons (Fsp3) is 0.143. The molecule has 0 fully saturated rings. The number of hydrogen-bond donors (Lipinski definition) is 0. The third-order valence-electron chi connectivity index (χ3n) is 1.13. The number of nitrogens with zero attached hydrogens (tertiary/aromatic N) is 1. The molecule has 0 N–H and O–H groups in total. The molecule has 0 unspecified atom stereocenters. The van der Waals surface area contributed by atoms with E-state index in [1.807, 2.05) is 0 Å². The standard InChI is InChI=1S/C7H6BNO/c8-6-1-3-9-7(5-6)2-4-10/h1,3-5H,2H2. The fourth-order valence-corrected chi connectivity index (χ4v) is 0.694. The van der Waals surface area contributed by atoms with Crippen LogP contribution in [0.25, 0.3) is 0 Å². The summed E-state index contributed by atoms with van der Waals surface area (Å²) >= 11 is 0. The van der Waals surface area contributed by atoms with Gasteiger partial charge in [0, 0.05) is 18.3 Å². The van der Waals surface area contributed by atoms with Gasteiger partial charge in [0.05, 0.1) is 0 Å². The number of hydrogen-bond acceptors (Lipinski definition) is 2. The van der Waals surface area contributed by atoms with Crippen molar-refractivity contribution in [1.82, 2.24) is 4.98 Å². The first kappa shape index (κ1) is 7.00.